The van der Waals surface area contributed by atoms with Crippen LogP contribution in [0.15, 0.2) is 29.2 Å². The SMILES string of the molecule is Cc1cc2c([nH]1)/C=C1\C(=O)Nc3ccc(cc31)SCCOCCN(C)C2=O. The summed E-state index contributed by atoms with van der Waals surface area (Å²) in [5, 5.41) is 2.90. The van der Waals surface area contributed by atoms with Gasteiger partial charge in [0, 0.05) is 41.2 Å². The summed E-state index contributed by atoms with van der Waals surface area (Å²) in [7, 11) is 1.77. The summed E-state index contributed by atoms with van der Waals surface area (Å²) in [6.07, 6.45) is 1.78. The Morgan fingerprint density at radius 2 is 2.00 bits per heavy atom. The third kappa shape index (κ3) is 3.52. The number of nitrogens with one attached hydrogen (secondary N) is 2. The summed E-state index contributed by atoms with van der Waals surface area (Å²) in [6.45, 7) is 3.52. The highest BCUT2D eigenvalue weighted by Gasteiger charge is 2.26. The summed E-state index contributed by atoms with van der Waals surface area (Å²) >= 11 is 1.69. The molecule has 2 amide bonds. The van der Waals surface area contributed by atoms with E-state index in [1.54, 1.807) is 29.8 Å². The molecular weight excluding hydrogens is 362 g/mol. The van der Waals surface area contributed by atoms with Gasteiger partial charge in [-0.2, -0.15) is 0 Å². The maximum atomic E-state index is 12.9. The first kappa shape index (κ1) is 17.9. The smallest absolute Gasteiger partial charge is 0.256 e. The van der Waals surface area contributed by atoms with Crippen LogP contribution in [0.3, 0.4) is 0 Å². The van der Waals surface area contributed by atoms with Gasteiger partial charge in [0.1, 0.15) is 0 Å². The zero-order valence-corrected chi connectivity index (χ0v) is 16.1. The molecular formula is C20H21N3O3S. The molecule has 6 nitrogen and oxygen atoms in total. The molecule has 3 heterocycles. The Morgan fingerprint density at radius 3 is 2.85 bits per heavy atom. The van der Waals surface area contributed by atoms with Crippen LogP contribution in [0.4, 0.5) is 5.69 Å². The van der Waals surface area contributed by atoms with Crippen LogP contribution in [0.2, 0.25) is 0 Å². The number of aryl methyl sites for hydroxylation is 1. The van der Waals surface area contributed by atoms with E-state index in [1.807, 2.05) is 31.2 Å². The minimum absolute atomic E-state index is 0.0913. The molecule has 7 heteroatoms. The number of ether oxygens (including phenoxy) is 1. The molecule has 140 valence electrons. The molecule has 2 aromatic rings. The van der Waals surface area contributed by atoms with Gasteiger partial charge in [-0.05, 0) is 37.3 Å². The molecule has 2 aliphatic rings. The van der Waals surface area contributed by atoms with E-state index in [1.165, 1.54) is 0 Å². The molecule has 1 aromatic carbocycles. The molecule has 2 bridgehead atoms. The molecule has 0 atom stereocenters. The van der Waals surface area contributed by atoms with E-state index in [2.05, 4.69) is 10.3 Å². The summed E-state index contributed by atoms with van der Waals surface area (Å²) in [5.41, 5.74) is 4.31. The van der Waals surface area contributed by atoms with Crippen LogP contribution < -0.4 is 5.32 Å². The van der Waals surface area contributed by atoms with E-state index < -0.39 is 0 Å². The summed E-state index contributed by atoms with van der Waals surface area (Å²) < 4.78 is 5.67. The number of aromatic amines is 1. The van der Waals surface area contributed by atoms with E-state index in [4.69, 9.17) is 4.74 Å². The Hall–Kier alpha value is -2.51. The lowest BCUT2D eigenvalue weighted by atomic mass is 10.0. The number of likely N-dealkylation sites (N-methyl/N-ethyl adjacent to an activating group) is 1. The maximum absolute atomic E-state index is 12.9. The number of amides is 2. The van der Waals surface area contributed by atoms with Crippen molar-refractivity contribution in [3.05, 3.63) is 46.8 Å². The lowest BCUT2D eigenvalue weighted by molar-refractivity contribution is -0.110. The number of thioether (sulfide) groups is 1. The zero-order valence-electron chi connectivity index (χ0n) is 15.3. The van der Waals surface area contributed by atoms with Gasteiger partial charge in [-0.15, -0.1) is 11.8 Å². The molecule has 27 heavy (non-hydrogen) atoms. The minimum atomic E-state index is -0.154. The fraction of sp³-hybridized carbons (Fsp3) is 0.300. The molecule has 4 rings (SSSR count). The van der Waals surface area contributed by atoms with Gasteiger partial charge in [0.2, 0.25) is 0 Å². The average molecular weight is 383 g/mol. The maximum Gasteiger partial charge on any atom is 0.256 e. The van der Waals surface area contributed by atoms with Crippen LogP contribution in [0.5, 0.6) is 0 Å². The zero-order chi connectivity index (χ0) is 19.0. The number of carbonyl (C=O) groups excluding carboxylic acids is 2. The molecule has 0 radical (unpaired) electrons. The molecule has 0 aliphatic carbocycles. The van der Waals surface area contributed by atoms with Crippen LogP contribution in [0, 0.1) is 6.92 Å². The number of aromatic nitrogens is 1. The number of nitrogens with zero attached hydrogens (tertiary/aromatic N) is 1. The second kappa shape index (κ2) is 7.25. The second-order valence-electron chi connectivity index (χ2n) is 6.69. The number of fused-ring (bicyclic) bond motifs is 2. The number of anilines is 1. The van der Waals surface area contributed by atoms with Crippen LogP contribution in [0.25, 0.3) is 11.6 Å². The fourth-order valence-electron chi connectivity index (χ4n) is 3.27. The van der Waals surface area contributed by atoms with Crippen LogP contribution in [-0.2, 0) is 9.53 Å². The third-order valence-electron chi connectivity index (χ3n) is 4.69. The van der Waals surface area contributed by atoms with Gasteiger partial charge in [0.05, 0.1) is 30.0 Å². The lowest BCUT2D eigenvalue weighted by Gasteiger charge is -2.17. The van der Waals surface area contributed by atoms with Gasteiger partial charge in [0.15, 0.2) is 0 Å². The molecule has 2 N–H and O–H groups in total. The number of carbonyl (C=O) groups is 2. The quantitative estimate of drug-likeness (QED) is 0.733. The number of hydrogen-bond donors (Lipinski definition) is 2. The number of H-pyrrole nitrogens is 1. The van der Waals surface area contributed by atoms with Gasteiger partial charge in [0.25, 0.3) is 11.8 Å². The summed E-state index contributed by atoms with van der Waals surface area (Å²) in [5.74, 6) is 0.569. The van der Waals surface area contributed by atoms with Crippen LogP contribution >= 0.6 is 11.8 Å². The Balaban J connectivity index is 1.83. The van der Waals surface area contributed by atoms with E-state index >= 15 is 0 Å². The van der Waals surface area contributed by atoms with Gasteiger partial charge < -0.3 is 19.9 Å². The molecule has 0 fully saturated rings. The van der Waals surface area contributed by atoms with E-state index in [0.29, 0.717) is 36.6 Å². The average Bonchev–Trinajstić information content (AvgIpc) is 3.16. The van der Waals surface area contributed by atoms with Crippen molar-refractivity contribution in [2.24, 2.45) is 0 Å². The monoisotopic (exact) mass is 383 g/mol. The molecule has 2 aliphatic heterocycles. The summed E-state index contributed by atoms with van der Waals surface area (Å²) in [6, 6.07) is 7.78. The second-order valence-corrected chi connectivity index (χ2v) is 7.86. The largest absolute Gasteiger partial charge is 0.379 e. The van der Waals surface area contributed by atoms with Crippen LogP contribution in [0.1, 0.15) is 27.3 Å². The molecule has 0 spiro atoms. The van der Waals surface area contributed by atoms with Crippen molar-refractivity contribution in [1.29, 1.82) is 0 Å². The highest BCUT2D eigenvalue weighted by Crippen LogP contribution is 2.36. The Bertz CT molecular complexity index is 948. The predicted octanol–water partition coefficient (Wildman–Crippen LogP) is 3.01. The molecule has 0 saturated heterocycles. The predicted molar refractivity (Wildman–Crippen MR) is 107 cm³/mol. The Morgan fingerprint density at radius 1 is 1.15 bits per heavy atom. The van der Waals surface area contributed by atoms with Crippen molar-refractivity contribution < 1.29 is 14.3 Å². The Kier molecular flexibility index (Phi) is 4.80. The van der Waals surface area contributed by atoms with Crippen molar-refractivity contribution in [1.82, 2.24) is 9.88 Å². The lowest BCUT2D eigenvalue weighted by Crippen LogP contribution is -2.30. The number of hydrogen-bond acceptors (Lipinski definition) is 4. The minimum Gasteiger partial charge on any atom is -0.379 e. The Labute approximate surface area is 162 Å². The molecule has 0 unspecified atom stereocenters. The first-order valence-electron chi connectivity index (χ1n) is 8.86. The van der Waals surface area contributed by atoms with E-state index in [0.717, 1.165) is 27.6 Å². The first-order valence-corrected chi connectivity index (χ1v) is 9.84. The molecule has 1 aromatic heterocycles. The van der Waals surface area contributed by atoms with Gasteiger partial charge >= 0.3 is 0 Å². The first-order chi connectivity index (χ1) is 13.0. The standard InChI is InChI=1S/C20H21N3O3S/c1-12-9-16-18(21-12)11-15-14-10-13(3-4-17(14)22-19(15)24)27-8-7-26-6-5-23(2)20(16)25/h3-4,9-11,21H,5-8H2,1-2H3,(H,22,24)/b15-11-. The molecule has 0 saturated carbocycles. The summed E-state index contributed by atoms with van der Waals surface area (Å²) in [4.78, 5) is 31.4. The van der Waals surface area contributed by atoms with Crippen molar-refractivity contribution in [3.63, 3.8) is 0 Å². The fourth-order valence-corrected chi connectivity index (χ4v) is 4.08. The normalized spacial score (nSPS) is 19.6. The third-order valence-corrected chi connectivity index (χ3v) is 5.65. The van der Waals surface area contributed by atoms with Crippen molar-refractivity contribution >= 4 is 40.9 Å². The van der Waals surface area contributed by atoms with Gasteiger partial charge in [-0.1, -0.05) is 0 Å². The number of benzene rings is 1. The highest BCUT2D eigenvalue weighted by molar-refractivity contribution is 7.99. The van der Waals surface area contributed by atoms with E-state index in [-0.39, 0.29) is 11.8 Å². The van der Waals surface area contributed by atoms with E-state index in [9.17, 15) is 9.59 Å². The van der Waals surface area contributed by atoms with Gasteiger partial charge in [-0.25, -0.2) is 0 Å². The topological polar surface area (TPSA) is 74.4 Å². The van der Waals surface area contributed by atoms with Gasteiger partial charge in [-0.3, -0.25) is 9.59 Å². The van der Waals surface area contributed by atoms with Crippen molar-refractivity contribution in [2.45, 2.75) is 11.8 Å². The van der Waals surface area contributed by atoms with Crippen LogP contribution in [-0.4, -0.2) is 54.3 Å². The van der Waals surface area contributed by atoms with Crippen molar-refractivity contribution in [2.75, 3.05) is 37.9 Å². The number of rotatable bonds is 0. The van der Waals surface area contributed by atoms with Crippen molar-refractivity contribution in [3.8, 4) is 0 Å². The highest BCUT2D eigenvalue weighted by atomic mass is 32.2.